The van der Waals surface area contributed by atoms with Crippen molar-refractivity contribution in [3.8, 4) is 5.75 Å². The summed E-state index contributed by atoms with van der Waals surface area (Å²) in [6.45, 7) is 1.18. The van der Waals surface area contributed by atoms with Gasteiger partial charge in [0.05, 0.1) is 25.9 Å². The second-order valence-corrected chi connectivity index (χ2v) is 4.36. The fourth-order valence-corrected chi connectivity index (χ4v) is 1.93. The quantitative estimate of drug-likeness (QED) is 0.741. The summed E-state index contributed by atoms with van der Waals surface area (Å²) in [6, 6.07) is 6.57. The van der Waals surface area contributed by atoms with Crippen molar-refractivity contribution >= 4 is 11.6 Å². The van der Waals surface area contributed by atoms with Gasteiger partial charge in [0.15, 0.2) is 6.61 Å². The van der Waals surface area contributed by atoms with Crippen molar-refractivity contribution in [3.63, 3.8) is 0 Å². The van der Waals surface area contributed by atoms with Gasteiger partial charge in [-0.05, 0) is 24.3 Å². The number of nitrogen functional groups attached to an aromatic ring is 1. The average molecular weight is 266 g/mol. The largest absolute Gasteiger partial charge is 0.484 e. The number of hydrogen-bond donors (Lipinski definition) is 2. The van der Waals surface area contributed by atoms with E-state index in [0.717, 1.165) is 0 Å². The number of nitrogens with two attached hydrogens (primary N) is 1. The van der Waals surface area contributed by atoms with Gasteiger partial charge in [-0.25, -0.2) is 0 Å². The Morgan fingerprint density at radius 3 is 2.89 bits per heavy atom. The summed E-state index contributed by atoms with van der Waals surface area (Å²) < 4.78 is 10.6. The van der Waals surface area contributed by atoms with E-state index in [4.69, 9.17) is 15.2 Å². The molecule has 0 spiro atoms. The molecule has 0 saturated carbocycles. The van der Waals surface area contributed by atoms with Crippen molar-refractivity contribution in [2.24, 2.45) is 0 Å². The number of nitrogens with zero attached hydrogens (tertiary/aromatic N) is 1. The molecule has 1 aliphatic heterocycles. The van der Waals surface area contributed by atoms with E-state index in [0.29, 0.717) is 31.2 Å². The van der Waals surface area contributed by atoms with E-state index in [1.807, 2.05) is 0 Å². The molecule has 1 aliphatic rings. The second-order valence-electron chi connectivity index (χ2n) is 4.36. The van der Waals surface area contributed by atoms with Crippen LogP contribution in [0.5, 0.6) is 5.75 Å². The highest BCUT2D eigenvalue weighted by molar-refractivity contribution is 5.78. The van der Waals surface area contributed by atoms with Crippen molar-refractivity contribution < 1.29 is 19.4 Å². The smallest absolute Gasteiger partial charge is 0.260 e. The topological polar surface area (TPSA) is 85.0 Å². The number of carbonyl (C=O) groups is 1. The van der Waals surface area contributed by atoms with E-state index in [-0.39, 0.29) is 25.2 Å². The van der Waals surface area contributed by atoms with Crippen LogP contribution in [0, 0.1) is 0 Å². The maximum absolute atomic E-state index is 12.0. The number of ether oxygens (including phenoxy) is 2. The molecule has 0 radical (unpaired) electrons. The summed E-state index contributed by atoms with van der Waals surface area (Å²) in [7, 11) is 0. The fourth-order valence-electron chi connectivity index (χ4n) is 1.93. The molecule has 19 heavy (non-hydrogen) atoms. The van der Waals surface area contributed by atoms with Crippen LogP contribution in [0.15, 0.2) is 24.3 Å². The molecule has 2 rings (SSSR count). The highest BCUT2D eigenvalue weighted by atomic mass is 16.5. The van der Waals surface area contributed by atoms with Crippen molar-refractivity contribution in [3.05, 3.63) is 24.3 Å². The maximum Gasteiger partial charge on any atom is 0.260 e. The minimum absolute atomic E-state index is 0.0551. The van der Waals surface area contributed by atoms with Gasteiger partial charge in [-0.3, -0.25) is 4.79 Å². The Balaban J connectivity index is 1.87. The Morgan fingerprint density at radius 2 is 2.21 bits per heavy atom. The number of amides is 1. The number of aliphatic hydroxyl groups excluding tert-OH is 1. The first-order chi connectivity index (χ1) is 9.20. The molecule has 3 N–H and O–H groups in total. The molecule has 104 valence electrons. The standard InChI is InChI=1S/C13H18N2O4/c14-10-1-3-12(4-2-10)19-9-13(17)15-5-6-18-8-11(15)7-16/h1-4,11,16H,5-9,14H2. The summed E-state index contributed by atoms with van der Waals surface area (Å²) in [5.41, 5.74) is 6.21. The Hall–Kier alpha value is -1.79. The van der Waals surface area contributed by atoms with Crippen LogP contribution in [0.2, 0.25) is 0 Å². The van der Waals surface area contributed by atoms with Gasteiger partial charge in [-0.2, -0.15) is 0 Å². The first-order valence-corrected chi connectivity index (χ1v) is 6.17. The van der Waals surface area contributed by atoms with Gasteiger partial charge in [-0.15, -0.1) is 0 Å². The Morgan fingerprint density at radius 1 is 1.47 bits per heavy atom. The highest BCUT2D eigenvalue weighted by Gasteiger charge is 2.26. The summed E-state index contributed by atoms with van der Waals surface area (Å²) >= 11 is 0. The fraction of sp³-hybridized carbons (Fsp3) is 0.462. The lowest BCUT2D eigenvalue weighted by Crippen LogP contribution is -2.51. The Labute approximate surface area is 111 Å². The van der Waals surface area contributed by atoms with Gasteiger partial charge in [0.25, 0.3) is 5.91 Å². The first-order valence-electron chi connectivity index (χ1n) is 6.17. The molecule has 0 bridgehead atoms. The molecule has 1 aromatic rings. The molecule has 1 unspecified atom stereocenters. The minimum Gasteiger partial charge on any atom is -0.484 e. The zero-order chi connectivity index (χ0) is 13.7. The van der Waals surface area contributed by atoms with Gasteiger partial charge in [0.2, 0.25) is 0 Å². The van der Waals surface area contributed by atoms with Crippen molar-refractivity contribution in [2.75, 3.05) is 38.7 Å². The number of rotatable bonds is 4. The molecule has 6 heteroatoms. The summed E-state index contributed by atoms with van der Waals surface area (Å²) in [4.78, 5) is 13.6. The van der Waals surface area contributed by atoms with E-state index in [1.54, 1.807) is 29.2 Å². The number of benzene rings is 1. The summed E-state index contributed by atoms with van der Waals surface area (Å²) in [6.07, 6.45) is 0. The van der Waals surface area contributed by atoms with E-state index in [2.05, 4.69) is 0 Å². The highest BCUT2D eigenvalue weighted by Crippen LogP contribution is 2.14. The number of aliphatic hydroxyl groups is 1. The third-order valence-electron chi connectivity index (χ3n) is 3.00. The molecule has 1 aromatic carbocycles. The van der Waals surface area contributed by atoms with Crippen LogP contribution in [0.25, 0.3) is 0 Å². The molecule has 0 aromatic heterocycles. The molecule has 1 saturated heterocycles. The van der Waals surface area contributed by atoms with E-state index >= 15 is 0 Å². The van der Waals surface area contributed by atoms with Crippen molar-refractivity contribution in [1.29, 1.82) is 0 Å². The number of carbonyl (C=O) groups excluding carboxylic acids is 1. The van der Waals surface area contributed by atoms with Gasteiger partial charge in [-0.1, -0.05) is 0 Å². The average Bonchev–Trinajstić information content (AvgIpc) is 2.46. The zero-order valence-electron chi connectivity index (χ0n) is 10.6. The zero-order valence-corrected chi connectivity index (χ0v) is 10.6. The monoisotopic (exact) mass is 266 g/mol. The van der Waals surface area contributed by atoms with E-state index in [9.17, 15) is 9.90 Å². The molecule has 1 heterocycles. The van der Waals surface area contributed by atoms with E-state index < -0.39 is 0 Å². The molecular weight excluding hydrogens is 248 g/mol. The first kappa shape index (κ1) is 13.6. The van der Waals surface area contributed by atoms with Crippen LogP contribution >= 0.6 is 0 Å². The Bertz CT molecular complexity index is 421. The lowest BCUT2D eigenvalue weighted by molar-refractivity contribution is -0.143. The van der Waals surface area contributed by atoms with Gasteiger partial charge < -0.3 is 25.2 Å². The lowest BCUT2D eigenvalue weighted by Gasteiger charge is -2.34. The Kier molecular flexibility index (Phi) is 4.59. The third kappa shape index (κ3) is 3.59. The third-order valence-corrected chi connectivity index (χ3v) is 3.00. The summed E-state index contributed by atoms with van der Waals surface area (Å²) in [5, 5.41) is 9.20. The van der Waals surface area contributed by atoms with Crippen LogP contribution in [0.3, 0.4) is 0 Å². The predicted molar refractivity (Wildman–Crippen MR) is 69.8 cm³/mol. The van der Waals surface area contributed by atoms with Crippen molar-refractivity contribution in [1.82, 2.24) is 4.90 Å². The van der Waals surface area contributed by atoms with Crippen LogP contribution in [0.1, 0.15) is 0 Å². The molecule has 0 aliphatic carbocycles. The van der Waals surface area contributed by atoms with Gasteiger partial charge in [0.1, 0.15) is 5.75 Å². The predicted octanol–water partition coefficient (Wildman–Crippen LogP) is -0.133. The number of anilines is 1. The van der Waals surface area contributed by atoms with Crippen molar-refractivity contribution in [2.45, 2.75) is 6.04 Å². The number of morpholine rings is 1. The molecule has 1 amide bonds. The SMILES string of the molecule is Nc1ccc(OCC(=O)N2CCOCC2CO)cc1. The van der Waals surface area contributed by atoms with Crippen LogP contribution in [-0.2, 0) is 9.53 Å². The minimum atomic E-state index is -0.281. The molecule has 1 atom stereocenters. The normalized spacial score (nSPS) is 19.2. The van der Waals surface area contributed by atoms with Gasteiger partial charge in [0, 0.05) is 12.2 Å². The van der Waals surface area contributed by atoms with Gasteiger partial charge >= 0.3 is 0 Å². The maximum atomic E-state index is 12.0. The second kappa shape index (κ2) is 6.40. The molecule has 6 nitrogen and oxygen atoms in total. The van der Waals surface area contributed by atoms with Crippen LogP contribution in [0.4, 0.5) is 5.69 Å². The summed E-state index contributed by atoms with van der Waals surface area (Å²) in [5.74, 6) is 0.440. The van der Waals surface area contributed by atoms with Crippen LogP contribution in [-0.4, -0.2) is 54.9 Å². The molecular formula is C13H18N2O4. The van der Waals surface area contributed by atoms with Crippen LogP contribution < -0.4 is 10.5 Å². The molecule has 1 fully saturated rings. The van der Waals surface area contributed by atoms with E-state index in [1.165, 1.54) is 0 Å². The number of hydrogen-bond acceptors (Lipinski definition) is 5. The lowest BCUT2D eigenvalue weighted by atomic mass is 10.2.